The second-order valence-corrected chi connectivity index (χ2v) is 5.72. The van der Waals surface area contributed by atoms with Crippen molar-refractivity contribution in [1.82, 2.24) is 15.0 Å². The monoisotopic (exact) mass is 322 g/mol. The first-order chi connectivity index (χ1) is 11.5. The minimum Gasteiger partial charge on any atom is -0.478 e. The molecule has 0 atom stereocenters. The highest BCUT2D eigenvalue weighted by atomic mass is 16.4. The van der Waals surface area contributed by atoms with Gasteiger partial charge in [0.15, 0.2) is 0 Å². The molecule has 3 rings (SSSR count). The average Bonchev–Trinajstić information content (AvgIpc) is 3.03. The van der Waals surface area contributed by atoms with Crippen LogP contribution in [-0.4, -0.2) is 40.2 Å². The van der Waals surface area contributed by atoms with Crippen molar-refractivity contribution in [3.63, 3.8) is 0 Å². The van der Waals surface area contributed by atoms with Crippen molar-refractivity contribution in [3.05, 3.63) is 65.9 Å². The van der Waals surface area contributed by atoms with Crippen LogP contribution >= 0.6 is 0 Å². The van der Waals surface area contributed by atoms with Crippen LogP contribution in [0.3, 0.4) is 0 Å². The van der Waals surface area contributed by atoms with Gasteiger partial charge in [0.2, 0.25) is 0 Å². The molecule has 3 aromatic rings. The highest BCUT2D eigenvalue weighted by molar-refractivity contribution is 5.87. The third-order valence-electron chi connectivity index (χ3n) is 3.83. The van der Waals surface area contributed by atoms with Gasteiger partial charge in [-0.1, -0.05) is 29.5 Å². The van der Waals surface area contributed by atoms with Gasteiger partial charge in [-0.2, -0.15) is 0 Å². The Morgan fingerprint density at radius 1 is 1.08 bits per heavy atom. The largest absolute Gasteiger partial charge is 0.478 e. The molecule has 24 heavy (non-hydrogen) atoms. The molecule has 0 aliphatic carbocycles. The molecule has 0 saturated carbocycles. The Labute approximate surface area is 140 Å². The Bertz CT molecular complexity index is 836. The maximum Gasteiger partial charge on any atom is 0.335 e. The highest BCUT2D eigenvalue weighted by Gasteiger charge is 2.09. The van der Waals surface area contributed by atoms with Gasteiger partial charge < -0.3 is 10.0 Å². The number of carboxylic acid groups (broad SMARTS) is 1. The highest BCUT2D eigenvalue weighted by Crippen LogP contribution is 2.22. The van der Waals surface area contributed by atoms with Crippen LogP contribution in [-0.2, 0) is 6.54 Å². The van der Waals surface area contributed by atoms with E-state index in [2.05, 4.69) is 10.3 Å². The van der Waals surface area contributed by atoms with E-state index >= 15 is 0 Å². The fourth-order valence-electron chi connectivity index (χ4n) is 2.45. The summed E-state index contributed by atoms with van der Waals surface area (Å²) in [7, 11) is 4.00. The minimum absolute atomic E-state index is 0.275. The predicted molar refractivity (Wildman–Crippen MR) is 92.3 cm³/mol. The molecule has 6 nitrogen and oxygen atoms in total. The summed E-state index contributed by atoms with van der Waals surface area (Å²) >= 11 is 0. The van der Waals surface area contributed by atoms with Gasteiger partial charge in [0.05, 0.1) is 24.0 Å². The second kappa shape index (κ2) is 6.54. The maximum absolute atomic E-state index is 10.9. The molecule has 0 amide bonds. The Morgan fingerprint density at radius 2 is 1.75 bits per heavy atom. The van der Waals surface area contributed by atoms with Crippen LogP contribution in [0.1, 0.15) is 15.9 Å². The first-order valence-electron chi connectivity index (χ1n) is 7.53. The molecule has 1 heterocycles. The van der Waals surface area contributed by atoms with Gasteiger partial charge in [-0.3, -0.25) is 0 Å². The Morgan fingerprint density at radius 3 is 2.33 bits per heavy atom. The molecule has 122 valence electrons. The van der Waals surface area contributed by atoms with Crippen molar-refractivity contribution in [2.24, 2.45) is 0 Å². The van der Waals surface area contributed by atoms with E-state index in [1.165, 1.54) is 0 Å². The SMILES string of the molecule is CN(C)c1ccc(-c2cnnn2Cc2ccc(C(=O)O)cc2)cc1. The minimum atomic E-state index is -0.927. The van der Waals surface area contributed by atoms with Crippen LogP contribution in [0.15, 0.2) is 54.7 Å². The summed E-state index contributed by atoms with van der Waals surface area (Å²) in [4.78, 5) is 13.0. The summed E-state index contributed by atoms with van der Waals surface area (Å²) < 4.78 is 1.81. The number of anilines is 1. The predicted octanol–water partition coefficient (Wildman–Crippen LogP) is 2.76. The standard InChI is InChI=1S/C18H18N4O2/c1-21(2)16-9-7-14(8-10-16)17-11-19-20-22(17)12-13-3-5-15(6-4-13)18(23)24/h3-11H,12H2,1-2H3,(H,23,24). The number of rotatable bonds is 5. The molecule has 0 saturated heterocycles. The van der Waals surface area contributed by atoms with Crippen LogP contribution < -0.4 is 4.90 Å². The average molecular weight is 322 g/mol. The lowest BCUT2D eigenvalue weighted by atomic mass is 10.1. The summed E-state index contributed by atoms with van der Waals surface area (Å²) in [6.45, 7) is 0.532. The van der Waals surface area contributed by atoms with Gasteiger partial charge in [-0.05, 0) is 29.8 Å². The number of nitrogens with zero attached hydrogens (tertiary/aromatic N) is 4. The van der Waals surface area contributed by atoms with Crippen molar-refractivity contribution in [3.8, 4) is 11.3 Å². The van der Waals surface area contributed by atoms with E-state index in [1.807, 2.05) is 43.3 Å². The summed E-state index contributed by atoms with van der Waals surface area (Å²) in [6.07, 6.45) is 1.73. The maximum atomic E-state index is 10.9. The first kappa shape index (κ1) is 15.7. The third-order valence-corrected chi connectivity index (χ3v) is 3.83. The van der Waals surface area contributed by atoms with Crippen molar-refractivity contribution in [2.45, 2.75) is 6.54 Å². The second-order valence-electron chi connectivity index (χ2n) is 5.72. The van der Waals surface area contributed by atoms with E-state index in [0.717, 1.165) is 22.5 Å². The Hall–Kier alpha value is -3.15. The van der Waals surface area contributed by atoms with Crippen LogP contribution in [0, 0.1) is 0 Å². The summed E-state index contributed by atoms with van der Waals surface area (Å²) in [5.41, 5.74) is 4.32. The molecule has 2 aromatic carbocycles. The molecular formula is C18H18N4O2. The van der Waals surface area contributed by atoms with Crippen molar-refractivity contribution >= 4 is 11.7 Å². The van der Waals surface area contributed by atoms with Gasteiger partial charge in [-0.15, -0.1) is 5.10 Å². The summed E-state index contributed by atoms with van der Waals surface area (Å²) in [5.74, 6) is -0.927. The Kier molecular flexibility index (Phi) is 4.29. The van der Waals surface area contributed by atoms with Crippen molar-refractivity contribution in [2.75, 3.05) is 19.0 Å². The topological polar surface area (TPSA) is 71.2 Å². The van der Waals surface area contributed by atoms with E-state index in [0.29, 0.717) is 6.54 Å². The third kappa shape index (κ3) is 3.27. The van der Waals surface area contributed by atoms with E-state index in [4.69, 9.17) is 5.11 Å². The van der Waals surface area contributed by atoms with Crippen LogP contribution in [0.5, 0.6) is 0 Å². The molecule has 0 radical (unpaired) electrons. The van der Waals surface area contributed by atoms with Crippen LogP contribution in [0.25, 0.3) is 11.3 Å². The zero-order valence-electron chi connectivity index (χ0n) is 13.5. The molecule has 6 heteroatoms. The zero-order valence-corrected chi connectivity index (χ0v) is 13.5. The summed E-state index contributed by atoms with van der Waals surface area (Å²) in [5, 5.41) is 17.1. The number of hydrogen-bond acceptors (Lipinski definition) is 4. The normalized spacial score (nSPS) is 10.6. The first-order valence-corrected chi connectivity index (χ1v) is 7.53. The van der Waals surface area contributed by atoms with Gasteiger partial charge in [0.1, 0.15) is 0 Å². The van der Waals surface area contributed by atoms with Crippen LogP contribution in [0.2, 0.25) is 0 Å². The number of hydrogen-bond donors (Lipinski definition) is 1. The van der Waals surface area contributed by atoms with E-state index in [1.54, 1.807) is 35.1 Å². The fraction of sp³-hybridized carbons (Fsp3) is 0.167. The molecule has 0 fully saturated rings. The van der Waals surface area contributed by atoms with Crippen LogP contribution in [0.4, 0.5) is 5.69 Å². The molecule has 0 spiro atoms. The molecule has 0 aliphatic rings. The van der Waals surface area contributed by atoms with Crippen molar-refractivity contribution < 1.29 is 9.90 Å². The quantitative estimate of drug-likeness (QED) is 0.782. The Balaban J connectivity index is 1.83. The molecule has 1 N–H and O–H groups in total. The van der Waals surface area contributed by atoms with E-state index in [9.17, 15) is 4.79 Å². The molecule has 1 aromatic heterocycles. The van der Waals surface area contributed by atoms with E-state index in [-0.39, 0.29) is 5.56 Å². The zero-order chi connectivity index (χ0) is 17.1. The van der Waals surface area contributed by atoms with Gasteiger partial charge >= 0.3 is 5.97 Å². The lowest BCUT2D eigenvalue weighted by molar-refractivity contribution is 0.0697. The fourth-order valence-corrected chi connectivity index (χ4v) is 2.45. The number of benzene rings is 2. The molecule has 0 aliphatic heterocycles. The molecular weight excluding hydrogens is 304 g/mol. The number of aromatic carboxylic acids is 1. The van der Waals surface area contributed by atoms with Crippen molar-refractivity contribution in [1.29, 1.82) is 0 Å². The van der Waals surface area contributed by atoms with Gasteiger partial charge in [-0.25, -0.2) is 9.48 Å². The summed E-state index contributed by atoms with van der Waals surface area (Å²) in [6, 6.07) is 15.0. The lowest BCUT2D eigenvalue weighted by Gasteiger charge is -2.13. The molecule has 0 unspecified atom stereocenters. The van der Waals surface area contributed by atoms with Gasteiger partial charge in [0, 0.05) is 25.3 Å². The number of aromatic nitrogens is 3. The lowest BCUT2D eigenvalue weighted by Crippen LogP contribution is -2.08. The number of carbonyl (C=O) groups is 1. The number of carboxylic acids is 1. The van der Waals surface area contributed by atoms with Gasteiger partial charge in [0.25, 0.3) is 0 Å². The smallest absolute Gasteiger partial charge is 0.335 e. The molecule has 0 bridgehead atoms. The van der Waals surface area contributed by atoms with E-state index < -0.39 is 5.97 Å².